The molecule has 1 aliphatic carbocycles. The number of hydrogen-bond donors (Lipinski definition) is 0. The molecule has 1 saturated carbocycles. The van der Waals surface area contributed by atoms with Gasteiger partial charge in [0, 0.05) is 5.56 Å². The molecule has 4 rings (SSSR count). The van der Waals surface area contributed by atoms with Crippen molar-refractivity contribution < 1.29 is 45.7 Å². The topological polar surface area (TPSA) is 84.2 Å². The van der Waals surface area contributed by atoms with Gasteiger partial charge in [0.15, 0.2) is 11.3 Å². The van der Waals surface area contributed by atoms with Gasteiger partial charge in [-0.25, -0.2) is 4.39 Å². The second-order valence-corrected chi connectivity index (χ2v) is 8.37. The molecule has 0 saturated heterocycles. The van der Waals surface area contributed by atoms with Crippen molar-refractivity contribution in [3.8, 4) is 22.8 Å². The summed E-state index contributed by atoms with van der Waals surface area (Å²) in [6.45, 7) is 0.450. The fourth-order valence-electron chi connectivity index (χ4n) is 3.74. The summed E-state index contributed by atoms with van der Waals surface area (Å²) in [4.78, 5) is 24.1. The van der Waals surface area contributed by atoms with Gasteiger partial charge in [-0.05, 0) is 49.2 Å². The summed E-state index contributed by atoms with van der Waals surface area (Å²) < 4.78 is 78.0. The van der Waals surface area contributed by atoms with Crippen LogP contribution in [0.1, 0.15) is 12.8 Å². The summed E-state index contributed by atoms with van der Waals surface area (Å²) in [5.41, 5.74) is -1.44. The molecule has 1 fully saturated rings. The molecule has 0 N–H and O–H groups in total. The van der Waals surface area contributed by atoms with Gasteiger partial charge in [0.05, 0.1) is 36.1 Å². The average molecular weight is 531 g/mol. The van der Waals surface area contributed by atoms with Gasteiger partial charge in [-0.3, -0.25) is 9.59 Å². The maximum atomic E-state index is 13.7. The Labute approximate surface area is 206 Å². The van der Waals surface area contributed by atoms with Crippen molar-refractivity contribution in [2.45, 2.75) is 25.3 Å². The molecule has 36 heavy (non-hydrogen) atoms. The molecule has 3 aromatic rings. The zero-order valence-electron chi connectivity index (χ0n) is 18.7. The number of carbonyl (C=O) groups is 1. The molecule has 1 aromatic heterocycles. The van der Waals surface area contributed by atoms with Crippen molar-refractivity contribution in [2.75, 3.05) is 20.3 Å². The van der Waals surface area contributed by atoms with E-state index in [1.807, 2.05) is 0 Å². The van der Waals surface area contributed by atoms with Gasteiger partial charge in [0.2, 0.25) is 11.2 Å². The second kappa shape index (κ2) is 10.4. The van der Waals surface area contributed by atoms with E-state index < -0.39 is 34.5 Å². The number of esters is 1. The third kappa shape index (κ3) is 5.73. The van der Waals surface area contributed by atoms with Crippen LogP contribution in [0.5, 0.6) is 11.5 Å². The summed E-state index contributed by atoms with van der Waals surface area (Å²) in [6, 6.07) is 7.25. The third-order valence-corrected chi connectivity index (χ3v) is 5.82. The highest BCUT2D eigenvalue weighted by Gasteiger charge is 2.36. The first-order chi connectivity index (χ1) is 17.1. The minimum atomic E-state index is -5.20. The van der Waals surface area contributed by atoms with E-state index in [0.717, 1.165) is 12.1 Å². The normalized spacial score (nSPS) is 17.5. The Kier molecular flexibility index (Phi) is 7.41. The standard InChI is InChI=1S/C24H19ClF4O7/c1-32-23(31)13-8-16(9-13)34-7-6-33-15-4-2-12(3-5-15)20-22(36-24(27,28)29)19(30)17-10-14(26)11-18(25)21(17)35-20/h2-5,10-11,13,16H,6-9H2,1H3. The summed E-state index contributed by atoms with van der Waals surface area (Å²) in [5, 5.41) is -0.779. The number of ether oxygens (including phenoxy) is 4. The SMILES string of the molecule is COC(=O)C1CC(OCCOc2ccc(-c3oc4c(Cl)cc(F)cc4c(=O)c3OC(F)(F)F)cc2)C1. The van der Waals surface area contributed by atoms with Crippen LogP contribution >= 0.6 is 11.6 Å². The molecule has 1 heterocycles. The summed E-state index contributed by atoms with van der Waals surface area (Å²) in [5.74, 6) is -2.63. The molecule has 7 nitrogen and oxygen atoms in total. The van der Waals surface area contributed by atoms with Crippen LogP contribution in [-0.4, -0.2) is 38.8 Å². The highest BCUT2D eigenvalue weighted by Crippen LogP contribution is 2.37. The molecular formula is C24H19ClF4O7. The van der Waals surface area contributed by atoms with E-state index in [1.54, 1.807) is 0 Å². The minimum absolute atomic E-state index is 0.0526. The lowest BCUT2D eigenvalue weighted by Gasteiger charge is -2.32. The molecule has 0 radical (unpaired) electrons. The van der Waals surface area contributed by atoms with E-state index in [2.05, 4.69) is 9.47 Å². The fraction of sp³-hybridized carbons (Fsp3) is 0.333. The van der Waals surface area contributed by atoms with Crippen LogP contribution < -0.4 is 14.9 Å². The van der Waals surface area contributed by atoms with Gasteiger partial charge in [0.25, 0.3) is 0 Å². The number of carbonyl (C=O) groups excluding carboxylic acids is 1. The van der Waals surface area contributed by atoms with Gasteiger partial charge in [-0.1, -0.05) is 11.6 Å². The summed E-state index contributed by atoms with van der Waals surface area (Å²) in [7, 11) is 1.34. The van der Waals surface area contributed by atoms with Gasteiger partial charge in [-0.15, -0.1) is 13.2 Å². The van der Waals surface area contributed by atoms with Crippen molar-refractivity contribution >= 4 is 28.5 Å². The Bertz CT molecular complexity index is 1320. The molecule has 0 bridgehead atoms. The van der Waals surface area contributed by atoms with E-state index >= 15 is 0 Å². The van der Waals surface area contributed by atoms with Gasteiger partial charge < -0.3 is 23.4 Å². The van der Waals surface area contributed by atoms with Crippen molar-refractivity contribution in [3.05, 3.63) is 57.5 Å². The van der Waals surface area contributed by atoms with Crippen molar-refractivity contribution in [2.24, 2.45) is 5.92 Å². The van der Waals surface area contributed by atoms with E-state index in [0.29, 0.717) is 18.6 Å². The highest BCUT2D eigenvalue weighted by atomic mass is 35.5. The zero-order chi connectivity index (χ0) is 26.0. The van der Waals surface area contributed by atoms with Crippen LogP contribution in [0.15, 0.2) is 45.6 Å². The molecular weight excluding hydrogens is 512 g/mol. The lowest BCUT2D eigenvalue weighted by Crippen LogP contribution is -2.37. The Morgan fingerprint density at radius 1 is 1.14 bits per heavy atom. The van der Waals surface area contributed by atoms with Gasteiger partial charge >= 0.3 is 12.3 Å². The fourth-order valence-corrected chi connectivity index (χ4v) is 3.99. The number of halogens is 5. The minimum Gasteiger partial charge on any atom is -0.491 e. The van der Waals surface area contributed by atoms with Crippen molar-refractivity contribution in [1.29, 1.82) is 0 Å². The predicted molar refractivity (Wildman–Crippen MR) is 120 cm³/mol. The van der Waals surface area contributed by atoms with Crippen molar-refractivity contribution in [3.63, 3.8) is 0 Å². The van der Waals surface area contributed by atoms with Crippen molar-refractivity contribution in [1.82, 2.24) is 0 Å². The number of methoxy groups -OCH3 is 1. The Balaban J connectivity index is 1.48. The Hall–Kier alpha value is -3.31. The molecule has 0 amide bonds. The molecule has 12 heteroatoms. The largest absolute Gasteiger partial charge is 0.573 e. The van der Waals surface area contributed by atoms with E-state index in [1.165, 1.54) is 31.4 Å². The Morgan fingerprint density at radius 3 is 2.47 bits per heavy atom. The van der Waals surface area contributed by atoms with E-state index in [4.69, 9.17) is 25.5 Å². The number of alkyl halides is 3. The van der Waals surface area contributed by atoms with Crippen LogP contribution in [0, 0.1) is 11.7 Å². The van der Waals surface area contributed by atoms with E-state index in [-0.39, 0.29) is 47.4 Å². The van der Waals surface area contributed by atoms with Crippen LogP contribution in [0.3, 0.4) is 0 Å². The number of rotatable bonds is 8. The maximum absolute atomic E-state index is 13.7. The average Bonchev–Trinajstić information content (AvgIpc) is 2.79. The quantitative estimate of drug-likeness (QED) is 0.216. The zero-order valence-corrected chi connectivity index (χ0v) is 19.5. The second-order valence-electron chi connectivity index (χ2n) is 7.96. The van der Waals surface area contributed by atoms with Crippen LogP contribution in [0.4, 0.5) is 17.6 Å². The first-order valence-corrected chi connectivity index (χ1v) is 11.1. The lowest BCUT2D eigenvalue weighted by atomic mass is 9.82. The number of hydrogen-bond acceptors (Lipinski definition) is 7. The molecule has 0 aliphatic heterocycles. The van der Waals surface area contributed by atoms with Crippen LogP contribution in [0.2, 0.25) is 5.02 Å². The number of benzene rings is 2. The molecule has 2 aromatic carbocycles. The smallest absolute Gasteiger partial charge is 0.491 e. The third-order valence-electron chi connectivity index (χ3n) is 5.54. The summed E-state index contributed by atoms with van der Waals surface area (Å²) in [6.07, 6.45) is -4.09. The monoisotopic (exact) mass is 530 g/mol. The number of fused-ring (bicyclic) bond motifs is 1. The van der Waals surface area contributed by atoms with Gasteiger partial charge in [-0.2, -0.15) is 0 Å². The van der Waals surface area contributed by atoms with Crippen LogP contribution in [-0.2, 0) is 14.3 Å². The maximum Gasteiger partial charge on any atom is 0.573 e. The summed E-state index contributed by atoms with van der Waals surface area (Å²) >= 11 is 5.95. The Morgan fingerprint density at radius 2 is 1.83 bits per heavy atom. The van der Waals surface area contributed by atoms with Gasteiger partial charge in [0.1, 0.15) is 18.2 Å². The predicted octanol–water partition coefficient (Wildman–Crippen LogP) is 5.50. The van der Waals surface area contributed by atoms with E-state index in [9.17, 15) is 27.2 Å². The lowest BCUT2D eigenvalue weighted by molar-refractivity contribution is -0.275. The first kappa shape index (κ1) is 25.8. The molecule has 0 unspecified atom stereocenters. The van der Waals surface area contributed by atoms with Crippen LogP contribution in [0.25, 0.3) is 22.3 Å². The molecule has 1 aliphatic rings. The molecule has 0 spiro atoms. The molecule has 192 valence electrons. The highest BCUT2D eigenvalue weighted by molar-refractivity contribution is 6.34. The molecule has 0 atom stereocenters. The first-order valence-electron chi connectivity index (χ1n) is 10.7.